The van der Waals surface area contributed by atoms with Crippen molar-refractivity contribution in [2.45, 2.75) is 70.9 Å². The van der Waals surface area contributed by atoms with Gasteiger partial charge in [0.15, 0.2) is 0 Å². The molecule has 0 saturated carbocycles. The fourth-order valence-corrected chi connectivity index (χ4v) is 4.58. The van der Waals surface area contributed by atoms with Crippen molar-refractivity contribution in [3.8, 4) is 0 Å². The summed E-state index contributed by atoms with van der Waals surface area (Å²) in [5.41, 5.74) is 0.648. The second kappa shape index (κ2) is 8.84. The van der Waals surface area contributed by atoms with Crippen LogP contribution in [0.2, 0.25) is 0 Å². The number of amides is 2. The Morgan fingerprint density at radius 2 is 1.82 bits per heavy atom. The van der Waals surface area contributed by atoms with E-state index in [9.17, 15) is 18.8 Å². The zero-order chi connectivity index (χ0) is 20.3. The zero-order valence-corrected chi connectivity index (χ0v) is 16.7. The number of halogens is 1. The number of hydrogen-bond acceptors (Lipinski definition) is 3. The third-order valence-electron chi connectivity index (χ3n) is 6.01. The highest BCUT2D eigenvalue weighted by Gasteiger charge is 2.43. The maximum atomic E-state index is 14.4. The second-order valence-electron chi connectivity index (χ2n) is 8.23. The van der Waals surface area contributed by atoms with E-state index in [1.807, 2.05) is 4.90 Å². The number of nitrogens with one attached hydrogen (secondary N) is 1. The minimum atomic E-state index is -0.424. The lowest BCUT2D eigenvalue weighted by molar-refractivity contribution is -0.121. The number of nitrogens with zero attached hydrogens (tertiary/aromatic N) is 1. The number of rotatable bonds is 7. The van der Waals surface area contributed by atoms with Crippen molar-refractivity contribution in [1.82, 2.24) is 10.2 Å². The fourth-order valence-electron chi connectivity index (χ4n) is 4.58. The Hall–Kier alpha value is -2.24. The summed E-state index contributed by atoms with van der Waals surface area (Å²) in [6.07, 6.45) is 4.94. The number of hydrogen-bond donors (Lipinski definition) is 1. The number of fused-ring (bicyclic) bond motifs is 2. The molecule has 5 nitrogen and oxygen atoms in total. The van der Waals surface area contributed by atoms with Crippen molar-refractivity contribution in [2.75, 3.05) is 6.54 Å². The van der Waals surface area contributed by atoms with Crippen molar-refractivity contribution < 1.29 is 18.8 Å². The molecule has 2 aliphatic heterocycles. The maximum absolute atomic E-state index is 14.4. The summed E-state index contributed by atoms with van der Waals surface area (Å²) in [6, 6.07) is 5.20. The number of benzene rings is 1. The van der Waals surface area contributed by atoms with Crippen LogP contribution in [0.1, 0.15) is 67.8 Å². The van der Waals surface area contributed by atoms with E-state index in [4.69, 9.17) is 0 Å². The molecule has 2 saturated heterocycles. The molecule has 3 rings (SSSR count). The van der Waals surface area contributed by atoms with Gasteiger partial charge in [-0.3, -0.25) is 9.59 Å². The lowest BCUT2D eigenvalue weighted by Gasteiger charge is -2.39. The summed E-state index contributed by atoms with van der Waals surface area (Å²) in [5.74, 6) is -0.215. The minimum Gasteiger partial charge on any atom is -0.356 e. The number of carbonyl (C=O) groups is 3. The Morgan fingerprint density at radius 1 is 1.14 bits per heavy atom. The van der Waals surface area contributed by atoms with Gasteiger partial charge in [0.25, 0.3) is 5.91 Å². The van der Waals surface area contributed by atoms with E-state index in [0.29, 0.717) is 37.3 Å². The zero-order valence-electron chi connectivity index (χ0n) is 16.7. The molecule has 152 valence electrons. The van der Waals surface area contributed by atoms with Crippen LogP contribution in [0.15, 0.2) is 18.2 Å². The van der Waals surface area contributed by atoms with Gasteiger partial charge in [-0.05, 0) is 63.5 Å². The molecular formula is C22H29FN2O3. The summed E-state index contributed by atoms with van der Waals surface area (Å²) in [4.78, 5) is 37.7. The highest BCUT2D eigenvalue weighted by molar-refractivity contribution is 5.95. The van der Waals surface area contributed by atoms with Crippen molar-refractivity contribution in [1.29, 1.82) is 0 Å². The Morgan fingerprint density at radius 3 is 2.46 bits per heavy atom. The van der Waals surface area contributed by atoms with Crippen LogP contribution in [0.4, 0.5) is 4.39 Å². The molecule has 6 heteroatoms. The van der Waals surface area contributed by atoms with E-state index in [1.54, 1.807) is 25.1 Å². The average Bonchev–Trinajstić information content (AvgIpc) is 2.91. The quantitative estimate of drug-likeness (QED) is 0.779. The van der Waals surface area contributed by atoms with Crippen LogP contribution in [0.3, 0.4) is 0 Å². The van der Waals surface area contributed by atoms with Gasteiger partial charge in [0, 0.05) is 31.5 Å². The third-order valence-corrected chi connectivity index (χ3v) is 6.01. The maximum Gasteiger partial charge on any atom is 0.257 e. The molecule has 0 aliphatic carbocycles. The molecule has 1 aromatic carbocycles. The molecule has 2 amide bonds. The topological polar surface area (TPSA) is 66.5 Å². The number of Topliss-reactive ketones (excluding diaryl/α,β-unsaturated/α-hetero) is 1. The highest BCUT2D eigenvalue weighted by atomic mass is 19.1. The number of ketones is 1. The Bertz CT molecular complexity index is 750. The number of aryl methyl sites for hydroxylation is 1. The largest absolute Gasteiger partial charge is 0.356 e. The van der Waals surface area contributed by atoms with Gasteiger partial charge < -0.3 is 15.0 Å². The van der Waals surface area contributed by atoms with Crippen LogP contribution in [-0.4, -0.2) is 41.1 Å². The molecule has 1 unspecified atom stereocenters. The molecule has 2 heterocycles. The molecule has 28 heavy (non-hydrogen) atoms. The van der Waals surface area contributed by atoms with Crippen LogP contribution in [0.25, 0.3) is 0 Å². The van der Waals surface area contributed by atoms with Crippen LogP contribution in [0.5, 0.6) is 0 Å². The van der Waals surface area contributed by atoms with Crippen LogP contribution < -0.4 is 5.32 Å². The first kappa shape index (κ1) is 20.5. The summed E-state index contributed by atoms with van der Waals surface area (Å²) in [6.45, 7) is 3.81. The lowest BCUT2D eigenvalue weighted by Crippen LogP contribution is -2.48. The molecule has 2 fully saturated rings. The number of piperidine rings is 1. The first-order valence-corrected chi connectivity index (χ1v) is 10.2. The molecule has 1 N–H and O–H groups in total. The predicted octanol–water partition coefficient (Wildman–Crippen LogP) is 3.39. The van der Waals surface area contributed by atoms with Gasteiger partial charge in [0.1, 0.15) is 11.6 Å². The lowest BCUT2D eigenvalue weighted by atomic mass is 9.90. The molecule has 0 radical (unpaired) electrons. The fraction of sp³-hybridized carbons (Fsp3) is 0.591. The van der Waals surface area contributed by atoms with E-state index in [0.717, 1.165) is 25.7 Å². The summed E-state index contributed by atoms with van der Waals surface area (Å²) >= 11 is 0. The molecule has 2 aliphatic rings. The van der Waals surface area contributed by atoms with Crippen molar-refractivity contribution in [3.05, 3.63) is 35.1 Å². The highest BCUT2D eigenvalue weighted by Crippen LogP contribution is 2.39. The Balaban J connectivity index is 1.54. The van der Waals surface area contributed by atoms with E-state index >= 15 is 0 Å². The summed E-state index contributed by atoms with van der Waals surface area (Å²) < 4.78 is 14.4. The minimum absolute atomic E-state index is 0.0195. The van der Waals surface area contributed by atoms with Gasteiger partial charge in [-0.1, -0.05) is 12.1 Å². The smallest absolute Gasteiger partial charge is 0.257 e. The predicted molar refractivity (Wildman–Crippen MR) is 104 cm³/mol. The van der Waals surface area contributed by atoms with Gasteiger partial charge in [-0.15, -0.1) is 0 Å². The van der Waals surface area contributed by atoms with Crippen LogP contribution >= 0.6 is 0 Å². The van der Waals surface area contributed by atoms with Gasteiger partial charge in [-0.2, -0.15) is 0 Å². The van der Waals surface area contributed by atoms with Gasteiger partial charge in [0.05, 0.1) is 5.56 Å². The van der Waals surface area contributed by atoms with Gasteiger partial charge >= 0.3 is 0 Å². The second-order valence-corrected chi connectivity index (χ2v) is 8.23. The molecule has 3 atom stereocenters. The average molecular weight is 388 g/mol. The SMILES string of the molecule is CC(=O)CCCC(=O)NCC1C[C@H]2CC[C@@H](C1)N2C(=O)c1cccc(C)c1F. The monoisotopic (exact) mass is 388 g/mol. The number of carbonyl (C=O) groups excluding carboxylic acids is 3. The standard InChI is InChI=1S/C22H29FN2O3/c1-14-5-3-7-19(21(14)23)22(28)25-17-9-10-18(25)12-16(11-17)13-24-20(27)8-4-6-15(2)26/h3,5,7,16-18H,4,6,8-13H2,1-2H3,(H,24,27)/t16?,17-,18+. The van der Waals surface area contributed by atoms with E-state index in [1.165, 1.54) is 6.92 Å². The molecular weight excluding hydrogens is 359 g/mol. The summed E-state index contributed by atoms with van der Waals surface area (Å²) in [7, 11) is 0. The van der Waals surface area contributed by atoms with Crippen molar-refractivity contribution in [3.63, 3.8) is 0 Å². The normalized spacial score (nSPS) is 23.5. The van der Waals surface area contributed by atoms with Crippen molar-refractivity contribution >= 4 is 17.6 Å². The van der Waals surface area contributed by atoms with Crippen LogP contribution in [-0.2, 0) is 9.59 Å². The molecule has 1 aromatic rings. The summed E-state index contributed by atoms with van der Waals surface area (Å²) in [5, 5.41) is 2.97. The van der Waals surface area contributed by atoms with E-state index < -0.39 is 5.82 Å². The van der Waals surface area contributed by atoms with E-state index in [-0.39, 0.29) is 35.2 Å². The first-order chi connectivity index (χ1) is 13.4. The Labute approximate surface area is 165 Å². The molecule has 0 aromatic heterocycles. The van der Waals surface area contributed by atoms with Gasteiger partial charge in [-0.25, -0.2) is 4.39 Å². The van der Waals surface area contributed by atoms with E-state index in [2.05, 4.69) is 5.32 Å². The Kier molecular flexibility index (Phi) is 6.47. The van der Waals surface area contributed by atoms with Gasteiger partial charge in [0.2, 0.25) is 5.91 Å². The molecule has 2 bridgehead atoms. The van der Waals surface area contributed by atoms with Crippen molar-refractivity contribution in [2.24, 2.45) is 5.92 Å². The van der Waals surface area contributed by atoms with Crippen LogP contribution in [0, 0.1) is 18.7 Å². The molecule has 0 spiro atoms. The first-order valence-electron chi connectivity index (χ1n) is 10.2. The third kappa shape index (κ3) is 4.59.